The Morgan fingerprint density at radius 3 is 3.16 bits per heavy atom. The van der Waals surface area contributed by atoms with Gasteiger partial charge in [0.25, 0.3) is 0 Å². The van der Waals surface area contributed by atoms with E-state index in [1.807, 2.05) is 30.1 Å². The Morgan fingerprint density at radius 2 is 2.36 bits per heavy atom. The van der Waals surface area contributed by atoms with E-state index in [0.29, 0.717) is 12.7 Å². The number of aryl methyl sites for hydroxylation is 1. The summed E-state index contributed by atoms with van der Waals surface area (Å²) in [6.07, 6.45) is 11.2. The maximum atomic E-state index is 6.14. The van der Waals surface area contributed by atoms with E-state index < -0.39 is 0 Å². The minimum Gasteiger partial charge on any atom is -0.491 e. The van der Waals surface area contributed by atoms with Crippen LogP contribution >= 0.6 is 0 Å². The lowest BCUT2D eigenvalue weighted by Gasteiger charge is -2.50. The van der Waals surface area contributed by atoms with Crippen LogP contribution in [0.25, 0.3) is 0 Å². The van der Waals surface area contributed by atoms with Crippen LogP contribution in [0.1, 0.15) is 24.8 Å². The molecule has 6 nitrogen and oxygen atoms in total. The zero-order valence-electron chi connectivity index (χ0n) is 14.8. The van der Waals surface area contributed by atoms with Gasteiger partial charge in [-0.15, -0.1) is 0 Å². The van der Waals surface area contributed by atoms with Crippen LogP contribution in [0.5, 0.6) is 5.75 Å². The van der Waals surface area contributed by atoms with E-state index in [-0.39, 0.29) is 5.41 Å². The number of piperidine rings is 1. The monoisotopic (exact) mass is 342 g/mol. The summed E-state index contributed by atoms with van der Waals surface area (Å²) in [4.78, 5) is 6.67. The number of rotatable bonds is 5. The summed E-state index contributed by atoms with van der Waals surface area (Å²) in [5.74, 6) is 0.839. The van der Waals surface area contributed by atoms with E-state index in [1.165, 1.54) is 5.56 Å². The number of pyridine rings is 1. The molecule has 2 aromatic heterocycles. The number of ether oxygens (including phenoxy) is 2. The molecule has 2 fully saturated rings. The summed E-state index contributed by atoms with van der Waals surface area (Å²) in [7, 11) is 1.97. The predicted octanol–water partition coefficient (Wildman–Crippen LogP) is 2.27. The van der Waals surface area contributed by atoms with Crippen molar-refractivity contribution in [2.45, 2.75) is 31.9 Å². The molecule has 0 aromatic carbocycles. The molecule has 2 saturated heterocycles. The lowest BCUT2D eigenvalue weighted by molar-refractivity contribution is -0.140. The van der Waals surface area contributed by atoms with Crippen LogP contribution in [0.4, 0.5) is 0 Å². The number of aromatic nitrogens is 3. The van der Waals surface area contributed by atoms with Crippen LogP contribution in [0, 0.1) is 5.41 Å². The van der Waals surface area contributed by atoms with Crippen molar-refractivity contribution in [2.75, 3.05) is 26.3 Å². The molecule has 0 amide bonds. The van der Waals surface area contributed by atoms with Crippen LogP contribution in [-0.4, -0.2) is 52.1 Å². The van der Waals surface area contributed by atoms with Gasteiger partial charge in [-0.2, -0.15) is 5.10 Å². The first-order valence-electron chi connectivity index (χ1n) is 9.08. The zero-order valence-corrected chi connectivity index (χ0v) is 14.8. The number of fused-ring (bicyclic) bond motifs is 1. The van der Waals surface area contributed by atoms with Gasteiger partial charge in [0.15, 0.2) is 0 Å². The molecule has 2 aromatic rings. The number of hydrogen-bond donors (Lipinski definition) is 0. The molecule has 6 heteroatoms. The minimum absolute atomic E-state index is 0.0640. The van der Waals surface area contributed by atoms with E-state index >= 15 is 0 Å². The average Bonchev–Trinajstić information content (AvgIpc) is 3.05. The van der Waals surface area contributed by atoms with Crippen LogP contribution < -0.4 is 4.74 Å². The van der Waals surface area contributed by atoms with Crippen LogP contribution in [-0.2, 0) is 18.3 Å². The highest BCUT2D eigenvalue weighted by atomic mass is 16.5. The lowest BCUT2D eigenvalue weighted by atomic mass is 9.73. The van der Waals surface area contributed by atoms with Gasteiger partial charge in [-0.3, -0.25) is 14.6 Å². The summed E-state index contributed by atoms with van der Waals surface area (Å²) < 4.78 is 14.1. The number of hydrogen-bond acceptors (Lipinski definition) is 5. The van der Waals surface area contributed by atoms with Crippen molar-refractivity contribution in [1.82, 2.24) is 19.7 Å². The highest BCUT2D eigenvalue weighted by Crippen LogP contribution is 2.41. The van der Waals surface area contributed by atoms with E-state index in [2.05, 4.69) is 21.2 Å². The standard InChI is InChI=1S/C19H26N4O2/c1-22-12-16(10-21-22)13-23-8-5-18-19(14-23,6-3-9-24-18)15-25-17-4-2-7-20-11-17/h2,4,7,10-12,18H,3,5-6,8-9,13-15H2,1H3/t18-,19+/m0/s1. The molecule has 0 spiro atoms. The Morgan fingerprint density at radius 1 is 1.40 bits per heavy atom. The maximum Gasteiger partial charge on any atom is 0.137 e. The van der Waals surface area contributed by atoms with Gasteiger partial charge >= 0.3 is 0 Å². The second kappa shape index (κ2) is 7.14. The molecule has 0 bridgehead atoms. The van der Waals surface area contributed by atoms with Crippen LogP contribution in [0.2, 0.25) is 0 Å². The fourth-order valence-electron chi connectivity index (χ4n) is 4.20. The average molecular weight is 342 g/mol. The smallest absolute Gasteiger partial charge is 0.137 e. The molecule has 0 radical (unpaired) electrons. The number of nitrogens with zero attached hydrogens (tertiary/aromatic N) is 4. The van der Waals surface area contributed by atoms with Crippen molar-refractivity contribution in [3.05, 3.63) is 42.5 Å². The Labute approximate surface area is 148 Å². The summed E-state index contributed by atoms with van der Waals surface area (Å²) in [5.41, 5.74) is 1.33. The molecular weight excluding hydrogens is 316 g/mol. The normalized spacial score (nSPS) is 27.0. The van der Waals surface area contributed by atoms with E-state index in [1.54, 1.807) is 12.4 Å². The van der Waals surface area contributed by atoms with Gasteiger partial charge in [0.2, 0.25) is 0 Å². The molecular formula is C19H26N4O2. The van der Waals surface area contributed by atoms with Gasteiger partial charge in [-0.25, -0.2) is 0 Å². The highest BCUT2D eigenvalue weighted by Gasteiger charge is 2.46. The topological polar surface area (TPSA) is 52.4 Å². The van der Waals surface area contributed by atoms with Gasteiger partial charge in [-0.1, -0.05) is 0 Å². The first-order valence-corrected chi connectivity index (χ1v) is 9.08. The summed E-state index contributed by atoms with van der Waals surface area (Å²) in [6.45, 7) is 4.57. The van der Waals surface area contributed by atoms with Gasteiger partial charge in [0.1, 0.15) is 5.75 Å². The van der Waals surface area contributed by atoms with Gasteiger partial charge in [-0.05, 0) is 31.4 Å². The van der Waals surface area contributed by atoms with Crippen LogP contribution in [0.15, 0.2) is 36.9 Å². The van der Waals surface area contributed by atoms with Gasteiger partial charge < -0.3 is 9.47 Å². The molecule has 0 N–H and O–H groups in total. The SMILES string of the molecule is Cn1cc(CN2CC[C@@H]3OCCC[C@]3(COc3cccnc3)C2)cn1. The second-order valence-corrected chi connectivity index (χ2v) is 7.32. The first kappa shape index (κ1) is 16.5. The van der Waals surface area contributed by atoms with E-state index in [9.17, 15) is 0 Å². The fraction of sp³-hybridized carbons (Fsp3) is 0.579. The molecule has 134 valence electrons. The molecule has 0 aliphatic carbocycles. The summed E-state index contributed by atoms with van der Waals surface area (Å²) in [6, 6.07) is 3.88. The Bertz CT molecular complexity index is 690. The van der Waals surface area contributed by atoms with Crippen molar-refractivity contribution in [3.8, 4) is 5.75 Å². The Kier molecular flexibility index (Phi) is 4.72. The van der Waals surface area contributed by atoms with Crippen LogP contribution in [0.3, 0.4) is 0 Å². The van der Waals surface area contributed by atoms with Gasteiger partial charge in [0, 0.05) is 56.7 Å². The molecule has 4 rings (SSSR count). The van der Waals surface area contributed by atoms with Crippen molar-refractivity contribution in [2.24, 2.45) is 12.5 Å². The zero-order chi connectivity index (χ0) is 17.1. The molecule has 2 aliphatic rings. The molecule has 0 saturated carbocycles. The molecule has 2 atom stereocenters. The maximum absolute atomic E-state index is 6.14. The molecule has 0 unspecified atom stereocenters. The van der Waals surface area contributed by atoms with Crippen molar-refractivity contribution in [3.63, 3.8) is 0 Å². The minimum atomic E-state index is 0.0640. The Hall–Kier alpha value is -1.92. The fourth-order valence-corrected chi connectivity index (χ4v) is 4.20. The largest absolute Gasteiger partial charge is 0.491 e. The molecule has 2 aliphatic heterocycles. The Balaban J connectivity index is 1.46. The van der Waals surface area contributed by atoms with Crippen molar-refractivity contribution in [1.29, 1.82) is 0 Å². The first-order chi connectivity index (χ1) is 12.2. The van der Waals surface area contributed by atoms with E-state index in [4.69, 9.17) is 9.47 Å². The van der Waals surface area contributed by atoms with Gasteiger partial charge in [0.05, 0.1) is 25.1 Å². The third kappa shape index (κ3) is 3.70. The quantitative estimate of drug-likeness (QED) is 0.834. The second-order valence-electron chi connectivity index (χ2n) is 7.32. The van der Waals surface area contributed by atoms with Crippen molar-refractivity contribution < 1.29 is 9.47 Å². The molecule has 25 heavy (non-hydrogen) atoms. The van der Waals surface area contributed by atoms with Crippen molar-refractivity contribution >= 4 is 0 Å². The molecule has 4 heterocycles. The summed E-state index contributed by atoms with van der Waals surface area (Å²) >= 11 is 0. The lowest BCUT2D eigenvalue weighted by Crippen LogP contribution is -2.57. The van der Waals surface area contributed by atoms with E-state index in [0.717, 1.165) is 51.3 Å². The third-order valence-electron chi connectivity index (χ3n) is 5.39. The predicted molar refractivity (Wildman–Crippen MR) is 94.2 cm³/mol. The highest BCUT2D eigenvalue weighted by molar-refractivity contribution is 5.16. The summed E-state index contributed by atoms with van der Waals surface area (Å²) in [5, 5.41) is 4.29. The number of likely N-dealkylation sites (tertiary alicyclic amines) is 1. The third-order valence-corrected chi connectivity index (χ3v) is 5.39.